The fourth-order valence-corrected chi connectivity index (χ4v) is 2.68. The highest BCUT2D eigenvalue weighted by Crippen LogP contribution is 2.35. The van der Waals surface area contributed by atoms with Crippen molar-refractivity contribution in [3.8, 4) is 0 Å². The van der Waals surface area contributed by atoms with E-state index in [4.69, 9.17) is 0 Å². The Bertz CT molecular complexity index is 568. The summed E-state index contributed by atoms with van der Waals surface area (Å²) >= 11 is 0. The highest BCUT2D eigenvalue weighted by Gasteiger charge is 2.35. The minimum Gasteiger partial charge on any atom is -0.511 e. The van der Waals surface area contributed by atoms with Gasteiger partial charge in [0.05, 0.1) is 5.57 Å². The van der Waals surface area contributed by atoms with Gasteiger partial charge in [-0.3, -0.25) is 9.79 Å². The number of benzene rings is 1. The summed E-state index contributed by atoms with van der Waals surface area (Å²) in [7, 11) is 1.68. The highest BCUT2D eigenvalue weighted by molar-refractivity contribution is 6.24. The first-order chi connectivity index (χ1) is 9.43. The van der Waals surface area contributed by atoms with E-state index in [2.05, 4.69) is 18.8 Å². The number of aliphatic imine (C=N–C) groups is 1. The van der Waals surface area contributed by atoms with Crippen molar-refractivity contribution in [1.82, 2.24) is 0 Å². The van der Waals surface area contributed by atoms with E-state index < -0.39 is 0 Å². The summed E-state index contributed by atoms with van der Waals surface area (Å²) in [5.74, 6) is 0.132. The minimum atomic E-state index is -0.0809. The number of nitrogens with zero attached hydrogens (tertiary/aromatic N) is 1. The second kappa shape index (κ2) is 5.61. The zero-order chi connectivity index (χ0) is 14.8. The van der Waals surface area contributed by atoms with Crippen molar-refractivity contribution < 1.29 is 9.90 Å². The van der Waals surface area contributed by atoms with Crippen LogP contribution in [-0.4, -0.2) is 23.6 Å². The van der Waals surface area contributed by atoms with Crippen molar-refractivity contribution in [2.75, 3.05) is 7.05 Å². The van der Waals surface area contributed by atoms with Crippen molar-refractivity contribution >= 4 is 11.5 Å². The van der Waals surface area contributed by atoms with Gasteiger partial charge in [0.15, 0.2) is 5.78 Å². The second-order valence-corrected chi connectivity index (χ2v) is 6.10. The molecule has 3 heteroatoms. The molecule has 3 nitrogen and oxygen atoms in total. The maximum atomic E-state index is 12.3. The molecular formula is C17H21NO2. The van der Waals surface area contributed by atoms with Gasteiger partial charge in [0.25, 0.3) is 0 Å². The van der Waals surface area contributed by atoms with Crippen molar-refractivity contribution in [2.45, 2.75) is 33.1 Å². The maximum Gasteiger partial charge on any atom is 0.168 e. The van der Waals surface area contributed by atoms with Crippen LogP contribution in [0.15, 0.2) is 46.7 Å². The molecule has 0 heterocycles. The molecule has 1 N–H and O–H groups in total. The molecule has 1 saturated carbocycles. The van der Waals surface area contributed by atoms with Crippen molar-refractivity contribution in [3.05, 3.63) is 47.2 Å². The standard InChI is InChI=1S/C17H21NO2/c1-17(2)10-13(18-3)16(15(20)11-17)14(19)9-12-7-5-4-6-8-12/h4-8,19H,9-11H2,1-3H3. The molecule has 1 aliphatic rings. The topological polar surface area (TPSA) is 49.7 Å². The third-order valence-corrected chi connectivity index (χ3v) is 3.63. The fourth-order valence-electron chi connectivity index (χ4n) is 2.68. The molecule has 20 heavy (non-hydrogen) atoms. The Morgan fingerprint density at radius 1 is 1.25 bits per heavy atom. The number of aliphatic hydroxyl groups excluding tert-OH is 1. The second-order valence-electron chi connectivity index (χ2n) is 6.10. The first kappa shape index (κ1) is 14.5. The number of hydrogen-bond acceptors (Lipinski definition) is 3. The first-order valence-electron chi connectivity index (χ1n) is 6.88. The van der Waals surface area contributed by atoms with Gasteiger partial charge < -0.3 is 5.11 Å². The molecular weight excluding hydrogens is 250 g/mol. The average Bonchev–Trinajstić information content (AvgIpc) is 2.37. The number of rotatable bonds is 2. The van der Waals surface area contributed by atoms with Gasteiger partial charge in [-0.1, -0.05) is 44.2 Å². The Hall–Kier alpha value is -1.90. The van der Waals surface area contributed by atoms with Crippen molar-refractivity contribution in [2.24, 2.45) is 10.4 Å². The van der Waals surface area contributed by atoms with Crippen LogP contribution in [0, 0.1) is 5.41 Å². The van der Waals surface area contributed by atoms with Crippen LogP contribution in [0.1, 0.15) is 32.3 Å². The van der Waals surface area contributed by atoms with E-state index in [1.165, 1.54) is 0 Å². The van der Waals surface area contributed by atoms with E-state index in [0.29, 0.717) is 18.4 Å². The number of Topliss-reactive ketones (excluding diaryl/α,β-unsaturated/α-hetero) is 1. The van der Waals surface area contributed by atoms with E-state index in [1.54, 1.807) is 7.05 Å². The third kappa shape index (κ3) is 3.16. The van der Waals surface area contributed by atoms with Crippen LogP contribution >= 0.6 is 0 Å². The van der Waals surface area contributed by atoms with Crippen LogP contribution in [0.25, 0.3) is 0 Å². The Kier molecular flexibility index (Phi) is 4.07. The van der Waals surface area contributed by atoms with Crippen LogP contribution in [0.5, 0.6) is 0 Å². The largest absolute Gasteiger partial charge is 0.511 e. The SMILES string of the molecule is CN=C1CC(C)(C)CC(=O)C1=C(O)Cc1ccccc1. The van der Waals surface area contributed by atoms with Crippen LogP contribution < -0.4 is 0 Å². The van der Waals surface area contributed by atoms with E-state index in [9.17, 15) is 9.90 Å². The summed E-state index contributed by atoms with van der Waals surface area (Å²) in [6, 6.07) is 9.66. The zero-order valence-corrected chi connectivity index (χ0v) is 12.3. The van der Waals surface area contributed by atoms with Gasteiger partial charge in [-0.2, -0.15) is 0 Å². The quantitative estimate of drug-likeness (QED) is 0.661. The highest BCUT2D eigenvalue weighted by atomic mass is 16.3. The third-order valence-electron chi connectivity index (χ3n) is 3.63. The molecule has 1 fully saturated rings. The van der Waals surface area contributed by atoms with Gasteiger partial charge in [-0.15, -0.1) is 0 Å². The number of carbonyl (C=O) groups is 1. The Labute approximate surface area is 120 Å². The van der Waals surface area contributed by atoms with E-state index in [-0.39, 0.29) is 17.0 Å². The van der Waals surface area contributed by atoms with Crippen molar-refractivity contribution in [1.29, 1.82) is 0 Å². The summed E-state index contributed by atoms with van der Waals surface area (Å²) in [5.41, 5.74) is 2.06. The summed E-state index contributed by atoms with van der Waals surface area (Å²) in [6.07, 6.45) is 1.56. The molecule has 0 spiro atoms. The van der Waals surface area contributed by atoms with Gasteiger partial charge in [0.1, 0.15) is 5.76 Å². The molecule has 2 rings (SSSR count). The molecule has 1 aromatic rings. The van der Waals surface area contributed by atoms with Crippen molar-refractivity contribution in [3.63, 3.8) is 0 Å². The molecule has 0 unspecified atom stereocenters. The summed E-state index contributed by atoms with van der Waals surface area (Å²) in [5, 5.41) is 10.3. The molecule has 0 atom stereocenters. The first-order valence-corrected chi connectivity index (χ1v) is 6.88. The van der Waals surface area contributed by atoms with Crippen LogP contribution in [0.3, 0.4) is 0 Å². The number of aliphatic hydroxyl groups is 1. The number of ketones is 1. The molecule has 0 amide bonds. The number of allylic oxidation sites excluding steroid dienone is 2. The smallest absolute Gasteiger partial charge is 0.168 e. The van der Waals surface area contributed by atoms with Crippen LogP contribution in [-0.2, 0) is 11.2 Å². The zero-order valence-electron chi connectivity index (χ0n) is 12.3. The maximum absolute atomic E-state index is 12.3. The molecule has 1 aromatic carbocycles. The lowest BCUT2D eigenvalue weighted by Gasteiger charge is -2.31. The minimum absolute atomic E-state index is 0.00437. The molecule has 0 bridgehead atoms. The van der Waals surface area contributed by atoms with Gasteiger partial charge >= 0.3 is 0 Å². The summed E-state index contributed by atoms with van der Waals surface area (Å²) in [6.45, 7) is 4.11. The van der Waals surface area contributed by atoms with E-state index in [1.807, 2.05) is 30.3 Å². The molecule has 0 saturated heterocycles. The molecule has 0 aromatic heterocycles. The van der Waals surface area contributed by atoms with E-state index >= 15 is 0 Å². The van der Waals surface area contributed by atoms with Crippen LogP contribution in [0.2, 0.25) is 0 Å². The Morgan fingerprint density at radius 2 is 1.90 bits per heavy atom. The predicted molar refractivity (Wildman–Crippen MR) is 81.2 cm³/mol. The molecule has 0 aliphatic heterocycles. The predicted octanol–water partition coefficient (Wildman–Crippen LogP) is 3.50. The van der Waals surface area contributed by atoms with Gasteiger partial charge in [-0.25, -0.2) is 0 Å². The average molecular weight is 271 g/mol. The van der Waals surface area contributed by atoms with Gasteiger partial charge in [0, 0.05) is 25.6 Å². The Morgan fingerprint density at radius 3 is 2.50 bits per heavy atom. The molecule has 106 valence electrons. The van der Waals surface area contributed by atoms with Gasteiger partial charge in [0.2, 0.25) is 0 Å². The number of carbonyl (C=O) groups excluding carboxylic acids is 1. The molecule has 1 aliphatic carbocycles. The van der Waals surface area contributed by atoms with E-state index in [0.717, 1.165) is 17.7 Å². The number of hydrogen-bond donors (Lipinski definition) is 1. The normalized spacial score (nSPS) is 22.9. The summed E-state index contributed by atoms with van der Waals surface area (Å²) < 4.78 is 0. The van der Waals surface area contributed by atoms with Gasteiger partial charge in [-0.05, 0) is 17.4 Å². The lowest BCUT2D eigenvalue weighted by Crippen LogP contribution is -2.32. The monoisotopic (exact) mass is 271 g/mol. The summed E-state index contributed by atoms with van der Waals surface area (Å²) in [4.78, 5) is 16.5. The molecule has 0 radical (unpaired) electrons. The Balaban J connectivity index is 2.33. The van der Waals surface area contributed by atoms with Crippen LogP contribution in [0.4, 0.5) is 0 Å². The lowest BCUT2D eigenvalue weighted by molar-refractivity contribution is -0.117. The lowest BCUT2D eigenvalue weighted by atomic mass is 9.73. The fraction of sp³-hybridized carbons (Fsp3) is 0.412.